The van der Waals surface area contributed by atoms with E-state index in [1.54, 1.807) is 21.3 Å². The molecule has 1 fully saturated rings. The summed E-state index contributed by atoms with van der Waals surface area (Å²) in [4.78, 5) is 6.68. The van der Waals surface area contributed by atoms with E-state index < -0.39 is 0 Å². The molecule has 1 N–H and O–H groups in total. The van der Waals surface area contributed by atoms with Gasteiger partial charge in [-0.3, -0.25) is 4.99 Å². The lowest BCUT2D eigenvalue weighted by Crippen LogP contribution is -2.39. The fourth-order valence-corrected chi connectivity index (χ4v) is 3.51. The van der Waals surface area contributed by atoms with Crippen LogP contribution in [-0.4, -0.2) is 71.6 Å². The highest BCUT2D eigenvalue weighted by Gasteiger charge is 2.25. The molecular formula is C20H32ClN3O4. The van der Waals surface area contributed by atoms with Crippen molar-refractivity contribution < 1.29 is 18.9 Å². The van der Waals surface area contributed by atoms with Gasteiger partial charge in [-0.2, -0.15) is 0 Å². The van der Waals surface area contributed by atoms with Gasteiger partial charge in [0.05, 0.1) is 38.6 Å². The minimum absolute atomic E-state index is 0.510. The molecular weight excluding hydrogens is 382 g/mol. The molecule has 0 bridgehead atoms. The van der Waals surface area contributed by atoms with Crippen molar-refractivity contribution in [3.8, 4) is 11.5 Å². The van der Waals surface area contributed by atoms with Crippen LogP contribution in [0.4, 0.5) is 0 Å². The number of hydrogen-bond acceptors (Lipinski definition) is 5. The molecule has 1 aliphatic rings. The van der Waals surface area contributed by atoms with Crippen molar-refractivity contribution in [3.63, 3.8) is 0 Å². The Morgan fingerprint density at radius 2 is 2.14 bits per heavy atom. The Morgan fingerprint density at radius 1 is 1.32 bits per heavy atom. The van der Waals surface area contributed by atoms with E-state index in [-0.39, 0.29) is 0 Å². The molecule has 0 saturated carbocycles. The Bertz CT molecular complexity index is 642. The first-order valence-electron chi connectivity index (χ1n) is 9.64. The molecule has 158 valence electrons. The summed E-state index contributed by atoms with van der Waals surface area (Å²) >= 11 is 6.36. The minimum Gasteiger partial charge on any atom is -0.493 e. The monoisotopic (exact) mass is 413 g/mol. The average Bonchev–Trinajstić information content (AvgIpc) is 3.16. The van der Waals surface area contributed by atoms with Crippen LogP contribution < -0.4 is 14.8 Å². The van der Waals surface area contributed by atoms with Crippen LogP contribution in [0.15, 0.2) is 17.1 Å². The van der Waals surface area contributed by atoms with Gasteiger partial charge in [-0.25, -0.2) is 0 Å². The minimum atomic E-state index is 0.510. The van der Waals surface area contributed by atoms with Crippen LogP contribution in [-0.2, 0) is 16.0 Å². The van der Waals surface area contributed by atoms with Gasteiger partial charge in [0.2, 0.25) is 0 Å². The van der Waals surface area contributed by atoms with Crippen molar-refractivity contribution in [2.45, 2.75) is 19.9 Å². The maximum Gasteiger partial charge on any atom is 0.193 e. The molecule has 1 aromatic rings. The second-order valence-corrected chi connectivity index (χ2v) is 7.02. The van der Waals surface area contributed by atoms with Crippen LogP contribution in [0.25, 0.3) is 0 Å². The van der Waals surface area contributed by atoms with E-state index in [9.17, 15) is 0 Å². The lowest BCUT2D eigenvalue weighted by molar-refractivity contribution is 0.0536. The Hall–Kier alpha value is -1.70. The van der Waals surface area contributed by atoms with Crippen LogP contribution in [0, 0.1) is 5.92 Å². The van der Waals surface area contributed by atoms with E-state index in [2.05, 4.69) is 15.2 Å². The van der Waals surface area contributed by atoms with Gasteiger partial charge < -0.3 is 29.2 Å². The Morgan fingerprint density at radius 3 is 2.82 bits per heavy atom. The number of aliphatic imine (C=N–C) groups is 1. The molecule has 1 heterocycles. The van der Waals surface area contributed by atoms with Crippen LogP contribution in [0.5, 0.6) is 11.5 Å². The number of nitrogens with one attached hydrogen (secondary N) is 1. The van der Waals surface area contributed by atoms with Crippen molar-refractivity contribution in [2.75, 3.05) is 60.8 Å². The number of methoxy groups -OCH3 is 2. The molecule has 0 aromatic heterocycles. The summed E-state index contributed by atoms with van der Waals surface area (Å²) in [6.45, 7) is 6.97. The van der Waals surface area contributed by atoms with E-state index >= 15 is 0 Å². The molecule has 0 spiro atoms. The van der Waals surface area contributed by atoms with Crippen LogP contribution >= 0.6 is 11.6 Å². The number of rotatable bonds is 10. The van der Waals surface area contributed by atoms with Gasteiger partial charge in [0, 0.05) is 39.7 Å². The molecule has 1 aromatic carbocycles. The standard InChI is InChI=1S/C20H32ClN3O4/c1-5-28-19-17(21)10-16(11-18(19)26-4)12-23-20(22-2)24-7-6-15(13-24)14-27-9-8-25-3/h10-11,15H,5-9,12-14H2,1-4H3,(H,22,23). The SMILES string of the molecule is CCOc1c(Cl)cc(CNC(=NC)N2CCC(COCCOC)C2)cc1OC. The lowest BCUT2D eigenvalue weighted by Gasteiger charge is -2.22. The zero-order valence-electron chi connectivity index (χ0n) is 17.3. The molecule has 8 heteroatoms. The smallest absolute Gasteiger partial charge is 0.193 e. The number of nitrogens with zero attached hydrogens (tertiary/aromatic N) is 2. The first kappa shape index (κ1) is 22.6. The molecule has 1 aliphatic heterocycles. The Labute approximate surface area is 172 Å². The molecule has 7 nitrogen and oxygen atoms in total. The first-order chi connectivity index (χ1) is 13.6. The topological polar surface area (TPSA) is 64.6 Å². The third-order valence-electron chi connectivity index (χ3n) is 4.61. The summed E-state index contributed by atoms with van der Waals surface area (Å²) in [5, 5.41) is 3.96. The molecule has 2 rings (SSSR count). The molecule has 1 unspecified atom stereocenters. The molecule has 0 amide bonds. The predicted octanol–water partition coefficient (Wildman–Crippen LogP) is 2.81. The number of ether oxygens (including phenoxy) is 4. The molecule has 0 radical (unpaired) electrons. The second kappa shape index (κ2) is 12.0. The maximum atomic E-state index is 6.36. The number of likely N-dealkylation sites (tertiary alicyclic amines) is 1. The van der Waals surface area contributed by atoms with Crippen molar-refractivity contribution >= 4 is 17.6 Å². The largest absolute Gasteiger partial charge is 0.493 e. The number of benzene rings is 1. The van der Waals surface area contributed by atoms with Gasteiger partial charge in [-0.1, -0.05) is 11.6 Å². The normalized spacial score (nSPS) is 17.1. The second-order valence-electron chi connectivity index (χ2n) is 6.61. The van der Waals surface area contributed by atoms with Gasteiger partial charge in [-0.05, 0) is 31.0 Å². The van der Waals surface area contributed by atoms with Gasteiger partial charge in [0.15, 0.2) is 17.5 Å². The fraction of sp³-hybridized carbons (Fsp3) is 0.650. The quantitative estimate of drug-likeness (QED) is 0.361. The van der Waals surface area contributed by atoms with Crippen molar-refractivity contribution in [2.24, 2.45) is 10.9 Å². The lowest BCUT2D eigenvalue weighted by atomic mass is 10.1. The van der Waals surface area contributed by atoms with Crippen molar-refractivity contribution in [1.29, 1.82) is 0 Å². The summed E-state index contributed by atoms with van der Waals surface area (Å²) in [6, 6.07) is 3.83. The first-order valence-corrected chi connectivity index (χ1v) is 10.0. The summed E-state index contributed by atoms with van der Waals surface area (Å²) in [6.07, 6.45) is 1.09. The molecule has 1 saturated heterocycles. The Kier molecular flexibility index (Phi) is 9.67. The summed E-state index contributed by atoms with van der Waals surface area (Å²) in [5.74, 6) is 2.60. The van der Waals surface area contributed by atoms with E-state index in [4.69, 9.17) is 30.5 Å². The number of hydrogen-bond donors (Lipinski definition) is 1. The highest BCUT2D eigenvalue weighted by atomic mass is 35.5. The van der Waals surface area contributed by atoms with E-state index in [1.165, 1.54) is 0 Å². The zero-order valence-corrected chi connectivity index (χ0v) is 18.1. The molecule has 1 atom stereocenters. The van der Waals surface area contributed by atoms with E-state index in [1.807, 2.05) is 19.1 Å². The van der Waals surface area contributed by atoms with E-state index in [0.29, 0.717) is 48.8 Å². The summed E-state index contributed by atoms with van der Waals surface area (Å²) < 4.78 is 21.7. The average molecular weight is 414 g/mol. The highest BCUT2D eigenvalue weighted by Crippen LogP contribution is 2.36. The third kappa shape index (κ3) is 6.43. The van der Waals surface area contributed by atoms with Gasteiger partial charge in [-0.15, -0.1) is 0 Å². The van der Waals surface area contributed by atoms with E-state index in [0.717, 1.165) is 37.6 Å². The maximum absolute atomic E-state index is 6.36. The summed E-state index contributed by atoms with van der Waals surface area (Å²) in [5.41, 5.74) is 1.00. The third-order valence-corrected chi connectivity index (χ3v) is 4.89. The fourth-order valence-electron chi connectivity index (χ4n) is 3.23. The van der Waals surface area contributed by atoms with Crippen molar-refractivity contribution in [1.82, 2.24) is 10.2 Å². The van der Waals surface area contributed by atoms with Gasteiger partial charge in [0.1, 0.15) is 0 Å². The predicted molar refractivity (Wildman–Crippen MR) is 112 cm³/mol. The van der Waals surface area contributed by atoms with Crippen LogP contribution in [0.3, 0.4) is 0 Å². The molecule has 28 heavy (non-hydrogen) atoms. The molecule has 0 aliphatic carbocycles. The Balaban J connectivity index is 1.90. The zero-order chi connectivity index (χ0) is 20.4. The number of halogens is 1. The van der Waals surface area contributed by atoms with Gasteiger partial charge >= 0.3 is 0 Å². The van der Waals surface area contributed by atoms with Crippen LogP contribution in [0.1, 0.15) is 18.9 Å². The van der Waals surface area contributed by atoms with Gasteiger partial charge in [0.25, 0.3) is 0 Å². The highest BCUT2D eigenvalue weighted by molar-refractivity contribution is 6.32. The van der Waals surface area contributed by atoms with Crippen LogP contribution in [0.2, 0.25) is 5.02 Å². The van der Waals surface area contributed by atoms with Crippen molar-refractivity contribution in [3.05, 3.63) is 22.7 Å². The number of guanidine groups is 1. The summed E-state index contributed by atoms with van der Waals surface area (Å²) in [7, 11) is 5.10.